The van der Waals surface area contributed by atoms with E-state index in [1.165, 1.54) is 4.88 Å². The summed E-state index contributed by atoms with van der Waals surface area (Å²) in [5, 5.41) is 3.12. The number of carbonyl (C=O) groups is 1. The zero-order valence-corrected chi connectivity index (χ0v) is 18.9. The van der Waals surface area contributed by atoms with Crippen molar-refractivity contribution in [1.29, 1.82) is 0 Å². The third kappa shape index (κ3) is 4.92. The maximum Gasteiger partial charge on any atom is 0.249 e. The number of carbonyl (C=O) groups excluding carboxylic acids is 1. The lowest BCUT2D eigenvalue weighted by Crippen LogP contribution is -2.53. The number of halogens is 1. The Morgan fingerprint density at radius 3 is 2.87 bits per heavy atom. The lowest BCUT2D eigenvalue weighted by atomic mass is 10.0. The van der Waals surface area contributed by atoms with Gasteiger partial charge in [0.1, 0.15) is 18.0 Å². The van der Waals surface area contributed by atoms with Crippen LogP contribution in [0.15, 0.2) is 18.6 Å². The minimum atomic E-state index is -0.426. The largest absolute Gasteiger partial charge is 0.372 e. The molecule has 0 aliphatic carbocycles. The standard InChI is InChI=1S/C20H28ClN5O3S/c1-13(28-2)19(27)24-14-3-5-25(6-4-14)20(26-7-8-29-18(21)11-26)16-9-15-17(30-16)10-22-12-23-15/h9-10,12-14,18,20H,3-8,11H2,1-2H3,(H,24,27). The summed E-state index contributed by atoms with van der Waals surface area (Å²) < 4.78 is 11.8. The quantitative estimate of drug-likeness (QED) is 0.671. The summed E-state index contributed by atoms with van der Waals surface area (Å²) >= 11 is 8.06. The number of piperidine rings is 1. The second-order valence-corrected chi connectivity index (χ2v) is 9.37. The van der Waals surface area contributed by atoms with Crippen LogP contribution in [-0.4, -0.2) is 83.3 Å². The number of hydrogen-bond donors (Lipinski definition) is 1. The van der Waals surface area contributed by atoms with Crippen LogP contribution in [0.2, 0.25) is 0 Å². The first-order chi connectivity index (χ1) is 14.5. The Morgan fingerprint density at radius 2 is 2.17 bits per heavy atom. The number of methoxy groups -OCH3 is 1. The van der Waals surface area contributed by atoms with Crippen LogP contribution in [0.4, 0.5) is 0 Å². The Morgan fingerprint density at radius 1 is 1.37 bits per heavy atom. The van der Waals surface area contributed by atoms with Gasteiger partial charge >= 0.3 is 0 Å². The lowest BCUT2D eigenvalue weighted by Gasteiger charge is -2.44. The van der Waals surface area contributed by atoms with Gasteiger partial charge in [0.05, 0.1) is 23.0 Å². The molecule has 0 radical (unpaired) electrons. The van der Waals surface area contributed by atoms with Crippen molar-refractivity contribution in [1.82, 2.24) is 25.1 Å². The van der Waals surface area contributed by atoms with Crippen molar-refractivity contribution in [2.75, 3.05) is 39.9 Å². The topological polar surface area (TPSA) is 79.8 Å². The van der Waals surface area contributed by atoms with E-state index in [0.717, 1.165) is 42.7 Å². The van der Waals surface area contributed by atoms with Gasteiger partial charge in [-0.3, -0.25) is 14.6 Å². The van der Waals surface area contributed by atoms with E-state index in [4.69, 9.17) is 21.1 Å². The van der Waals surface area contributed by atoms with Crippen LogP contribution in [-0.2, 0) is 14.3 Å². The highest BCUT2D eigenvalue weighted by Gasteiger charge is 2.34. The van der Waals surface area contributed by atoms with Crippen molar-refractivity contribution in [2.24, 2.45) is 0 Å². The molecule has 10 heteroatoms. The molecule has 2 aliphatic heterocycles. The first kappa shape index (κ1) is 21.9. The van der Waals surface area contributed by atoms with Crippen LogP contribution in [0.1, 0.15) is 30.8 Å². The Balaban J connectivity index is 1.50. The van der Waals surface area contributed by atoms with Gasteiger partial charge in [-0.15, -0.1) is 11.3 Å². The molecule has 2 aromatic rings. The number of rotatable bonds is 6. The molecule has 0 spiro atoms. The maximum absolute atomic E-state index is 12.2. The molecule has 2 aliphatic rings. The lowest BCUT2D eigenvalue weighted by molar-refractivity contribution is -0.131. The zero-order valence-electron chi connectivity index (χ0n) is 17.3. The SMILES string of the molecule is COC(C)C(=O)NC1CCN(C(c2cc3ncncc3s2)N2CCOC(Cl)C2)CC1. The smallest absolute Gasteiger partial charge is 0.249 e. The number of morpholine rings is 1. The second-order valence-electron chi connectivity index (χ2n) is 7.77. The van der Waals surface area contributed by atoms with Crippen LogP contribution >= 0.6 is 22.9 Å². The van der Waals surface area contributed by atoms with E-state index >= 15 is 0 Å². The first-order valence-electron chi connectivity index (χ1n) is 10.3. The number of fused-ring (bicyclic) bond motifs is 1. The summed E-state index contributed by atoms with van der Waals surface area (Å²) in [5.74, 6) is -0.0475. The van der Waals surface area contributed by atoms with E-state index in [-0.39, 0.29) is 23.7 Å². The molecule has 3 atom stereocenters. The zero-order chi connectivity index (χ0) is 21.1. The monoisotopic (exact) mass is 453 g/mol. The van der Waals surface area contributed by atoms with E-state index in [1.54, 1.807) is 31.7 Å². The van der Waals surface area contributed by atoms with Crippen molar-refractivity contribution in [3.05, 3.63) is 23.5 Å². The van der Waals surface area contributed by atoms with Gasteiger partial charge < -0.3 is 14.8 Å². The highest BCUT2D eigenvalue weighted by molar-refractivity contribution is 7.19. The van der Waals surface area contributed by atoms with E-state index in [9.17, 15) is 4.79 Å². The number of amides is 1. The second kappa shape index (κ2) is 9.84. The Kier molecular flexibility index (Phi) is 7.17. The van der Waals surface area contributed by atoms with Gasteiger partial charge in [-0.2, -0.15) is 0 Å². The molecule has 0 saturated carbocycles. The molecule has 164 valence electrons. The van der Waals surface area contributed by atoms with Gasteiger partial charge in [-0.05, 0) is 25.8 Å². The summed E-state index contributed by atoms with van der Waals surface area (Å²) in [6.45, 7) is 5.68. The van der Waals surface area contributed by atoms with Gasteiger partial charge in [-0.1, -0.05) is 11.6 Å². The van der Waals surface area contributed by atoms with Gasteiger partial charge in [-0.25, -0.2) is 9.97 Å². The number of nitrogens with one attached hydrogen (secondary N) is 1. The molecule has 2 aromatic heterocycles. The first-order valence-corrected chi connectivity index (χ1v) is 11.6. The van der Waals surface area contributed by atoms with Crippen LogP contribution in [0.25, 0.3) is 10.2 Å². The van der Waals surface area contributed by atoms with E-state index in [0.29, 0.717) is 13.2 Å². The summed E-state index contributed by atoms with van der Waals surface area (Å²) in [6.07, 6.45) is 4.95. The predicted molar refractivity (Wildman–Crippen MR) is 117 cm³/mol. The summed E-state index contributed by atoms with van der Waals surface area (Å²) in [7, 11) is 1.55. The van der Waals surface area contributed by atoms with Crippen LogP contribution in [0.5, 0.6) is 0 Å². The number of nitrogens with zero attached hydrogens (tertiary/aromatic N) is 4. The average molecular weight is 454 g/mol. The molecular weight excluding hydrogens is 426 g/mol. The summed E-state index contributed by atoms with van der Waals surface area (Å²) in [5.41, 5.74) is 0.671. The van der Waals surface area contributed by atoms with Crippen molar-refractivity contribution in [3.63, 3.8) is 0 Å². The molecule has 4 heterocycles. The fraction of sp³-hybridized carbons (Fsp3) is 0.650. The van der Waals surface area contributed by atoms with E-state index < -0.39 is 6.10 Å². The summed E-state index contributed by atoms with van der Waals surface area (Å²) in [6, 6.07) is 2.34. The highest BCUT2D eigenvalue weighted by atomic mass is 35.5. The minimum absolute atomic E-state index is 0.0475. The number of hydrogen-bond acceptors (Lipinski definition) is 8. The Labute approximate surface area is 185 Å². The maximum atomic E-state index is 12.2. The molecule has 2 saturated heterocycles. The number of likely N-dealkylation sites (tertiary alicyclic amines) is 1. The Bertz CT molecular complexity index is 827. The average Bonchev–Trinajstić information content (AvgIpc) is 3.18. The summed E-state index contributed by atoms with van der Waals surface area (Å²) in [4.78, 5) is 26.9. The molecule has 30 heavy (non-hydrogen) atoms. The van der Waals surface area contributed by atoms with Crippen molar-refractivity contribution in [3.8, 4) is 0 Å². The molecule has 3 unspecified atom stereocenters. The van der Waals surface area contributed by atoms with Gasteiger partial charge in [0.25, 0.3) is 0 Å². The highest BCUT2D eigenvalue weighted by Crippen LogP contribution is 2.36. The van der Waals surface area contributed by atoms with E-state index in [2.05, 4.69) is 31.2 Å². The molecule has 1 amide bonds. The fourth-order valence-corrected chi connectivity index (χ4v) is 5.51. The molecule has 1 N–H and O–H groups in total. The molecule has 2 fully saturated rings. The third-order valence-electron chi connectivity index (χ3n) is 5.81. The van der Waals surface area contributed by atoms with Crippen molar-refractivity contribution < 1.29 is 14.3 Å². The van der Waals surface area contributed by atoms with E-state index in [1.807, 2.05) is 6.20 Å². The van der Waals surface area contributed by atoms with Crippen LogP contribution in [0, 0.1) is 0 Å². The number of aromatic nitrogens is 2. The predicted octanol–water partition coefficient (Wildman–Crippen LogP) is 2.20. The fourth-order valence-electron chi connectivity index (χ4n) is 4.08. The molecule has 0 aromatic carbocycles. The molecule has 8 nitrogen and oxygen atoms in total. The molecular formula is C20H28ClN5O3S. The van der Waals surface area contributed by atoms with Crippen LogP contribution in [0.3, 0.4) is 0 Å². The number of ether oxygens (including phenoxy) is 2. The third-order valence-corrected chi connectivity index (χ3v) is 7.18. The van der Waals surface area contributed by atoms with Crippen molar-refractivity contribution in [2.45, 2.75) is 43.6 Å². The molecule has 4 rings (SSSR count). The normalized spacial score (nSPS) is 24.0. The minimum Gasteiger partial charge on any atom is -0.372 e. The number of alkyl halides is 1. The van der Waals surface area contributed by atoms with Gasteiger partial charge in [0, 0.05) is 50.4 Å². The number of thiophene rings is 1. The Hall–Kier alpha value is -1.36. The van der Waals surface area contributed by atoms with Gasteiger partial charge in [0.15, 0.2) is 0 Å². The van der Waals surface area contributed by atoms with Crippen molar-refractivity contribution >= 4 is 39.1 Å². The van der Waals surface area contributed by atoms with Crippen LogP contribution < -0.4 is 5.32 Å². The van der Waals surface area contributed by atoms with Gasteiger partial charge in [0.2, 0.25) is 5.91 Å². The molecule has 0 bridgehead atoms.